The molecule has 0 unspecified atom stereocenters. The van der Waals surface area contributed by atoms with Gasteiger partial charge in [-0.25, -0.2) is 9.29 Å². The van der Waals surface area contributed by atoms with Crippen LogP contribution in [-0.2, 0) is 27.3 Å². The highest BCUT2D eigenvalue weighted by molar-refractivity contribution is 6.18. The van der Waals surface area contributed by atoms with Crippen LogP contribution in [0.1, 0.15) is 62.8 Å². The van der Waals surface area contributed by atoms with Crippen molar-refractivity contribution in [3.8, 4) is 0 Å². The van der Waals surface area contributed by atoms with E-state index < -0.39 is 11.9 Å². The molecule has 0 aromatic heterocycles. The molecule has 3 amide bonds. The summed E-state index contributed by atoms with van der Waals surface area (Å²) in [4.78, 5) is 42.5. The van der Waals surface area contributed by atoms with Crippen LogP contribution in [0.15, 0.2) is 30.3 Å². The largest absolute Gasteiger partial charge is 0.367 e. The molecule has 0 radical (unpaired) electrons. The summed E-state index contributed by atoms with van der Waals surface area (Å²) >= 11 is 0. The van der Waals surface area contributed by atoms with Gasteiger partial charge in [-0.3, -0.25) is 14.4 Å². The van der Waals surface area contributed by atoms with Crippen LogP contribution in [0.2, 0.25) is 0 Å². The van der Waals surface area contributed by atoms with Crippen LogP contribution in [0.5, 0.6) is 0 Å². The number of hydrogen-bond donors (Lipinski definition) is 2. The number of carbonyl (C=O) groups excluding carboxylic acids is 3. The summed E-state index contributed by atoms with van der Waals surface area (Å²) in [6.07, 6.45) is 0.680. The Labute approximate surface area is 219 Å². The maximum Gasteiger partial charge on any atom is 0.251 e. The van der Waals surface area contributed by atoms with Gasteiger partial charge in [0.15, 0.2) is 0 Å². The number of amides is 3. The van der Waals surface area contributed by atoms with Crippen molar-refractivity contribution in [2.24, 2.45) is 11.1 Å². The van der Waals surface area contributed by atoms with E-state index in [0.29, 0.717) is 18.8 Å². The van der Waals surface area contributed by atoms with Crippen molar-refractivity contribution in [2.75, 3.05) is 22.9 Å². The fourth-order valence-corrected chi connectivity index (χ4v) is 4.82. The molecule has 0 aliphatic carbocycles. The van der Waals surface area contributed by atoms with Gasteiger partial charge in [-0.05, 0) is 79.1 Å². The molecular weight excluding hydrogens is 471 g/mol. The van der Waals surface area contributed by atoms with Crippen LogP contribution in [-0.4, -0.2) is 36.9 Å². The molecule has 0 spiro atoms. The molecule has 1 heterocycles. The topological polar surface area (TPSA) is 95.7 Å². The minimum absolute atomic E-state index is 0.146. The number of anilines is 2. The monoisotopic (exact) mass is 510 g/mol. The summed E-state index contributed by atoms with van der Waals surface area (Å²) in [5.74, 6) is -1.50. The maximum atomic E-state index is 13.6. The first kappa shape index (κ1) is 28.3. The molecular formula is C29H39FN4O3. The molecule has 3 N–H and O–H groups in total. The van der Waals surface area contributed by atoms with E-state index in [1.54, 1.807) is 13.0 Å². The van der Waals surface area contributed by atoms with Gasteiger partial charge in [0.05, 0.1) is 18.2 Å². The van der Waals surface area contributed by atoms with Crippen LogP contribution in [0, 0.1) is 25.1 Å². The summed E-state index contributed by atoms with van der Waals surface area (Å²) in [6, 6.07) is 7.70. The van der Waals surface area contributed by atoms with E-state index in [2.05, 4.69) is 10.2 Å². The minimum Gasteiger partial charge on any atom is -0.367 e. The summed E-state index contributed by atoms with van der Waals surface area (Å²) in [6.45, 7) is 13.2. The maximum absolute atomic E-state index is 13.6. The molecule has 1 atom stereocenters. The zero-order valence-corrected chi connectivity index (χ0v) is 22.8. The number of nitrogens with one attached hydrogen (secondary N) is 1. The van der Waals surface area contributed by atoms with E-state index in [1.807, 2.05) is 52.8 Å². The summed E-state index contributed by atoms with van der Waals surface area (Å²) in [5.41, 5.74) is 10.9. The Morgan fingerprint density at radius 2 is 1.76 bits per heavy atom. The first-order valence-electron chi connectivity index (χ1n) is 12.8. The number of halogens is 1. The summed E-state index contributed by atoms with van der Waals surface area (Å²) in [5, 5.41) is 2.65. The zero-order chi connectivity index (χ0) is 27.5. The van der Waals surface area contributed by atoms with Crippen molar-refractivity contribution < 1.29 is 18.8 Å². The second kappa shape index (κ2) is 11.4. The standard InChI is InChI=1S/C29H39FN4O3/c1-7-32-25(35)15-24(31)28(37)34(26(36)16-29(4,5)6)27-18(2)12-23(13-19(27)3)33-11-10-20-14-22(30)9-8-21(20)17-33/h8-9,12-14,24H,7,10-11,15-17,31H2,1-6H3,(H,32,35)/t24-/m0/s1. The van der Waals surface area contributed by atoms with Crippen molar-refractivity contribution in [1.29, 1.82) is 0 Å². The van der Waals surface area contributed by atoms with Gasteiger partial charge >= 0.3 is 0 Å². The van der Waals surface area contributed by atoms with Crippen LogP contribution in [0.3, 0.4) is 0 Å². The molecule has 1 aliphatic rings. The van der Waals surface area contributed by atoms with Crippen LogP contribution in [0.25, 0.3) is 0 Å². The number of fused-ring (bicyclic) bond motifs is 1. The number of benzene rings is 2. The molecule has 8 heteroatoms. The third-order valence-corrected chi connectivity index (χ3v) is 6.49. The fraction of sp³-hybridized carbons (Fsp3) is 0.483. The lowest BCUT2D eigenvalue weighted by Gasteiger charge is -2.33. The fourth-order valence-electron chi connectivity index (χ4n) is 4.82. The van der Waals surface area contributed by atoms with Crippen LogP contribution in [0.4, 0.5) is 15.8 Å². The predicted octanol–water partition coefficient (Wildman–Crippen LogP) is 4.15. The second-order valence-electron chi connectivity index (χ2n) is 11.1. The molecule has 1 aliphatic heterocycles. The number of hydrogen-bond acceptors (Lipinski definition) is 5. The summed E-state index contributed by atoms with van der Waals surface area (Å²) in [7, 11) is 0. The molecule has 0 bridgehead atoms. The molecule has 37 heavy (non-hydrogen) atoms. The van der Waals surface area contributed by atoms with Crippen molar-refractivity contribution in [1.82, 2.24) is 5.32 Å². The van der Waals surface area contributed by atoms with E-state index in [-0.39, 0.29) is 35.9 Å². The smallest absolute Gasteiger partial charge is 0.251 e. The molecule has 0 saturated heterocycles. The third kappa shape index (κ3) is 6.95. The highest BCUT2D eigenvalue weighted by Gasteiger charge is 2.33. The Hall–Kier alpha value is -3.26. The van der Waals surface area contributed by atoms with Crippen molar-refractivity contribution in [3.05, 3.63) is 58.4 Å². The quantitative estimate of drug-likeness (QED) is 0.583. The minimum atomic E-state index is -1.15. The number of nitrogens with zero attached hydrogens (tertiary/aromatic N) is 2. The van der Waals surface area contributed by atoms with E-state index in [1.165, 1.54) is 11.0 Å². The lowest BCUT2D eigenvalue weighted by Crippen LogP contribution is -2.50. The molecule has 2 aromatic rings. The van der Waals surface area contributed by atoms with Crippen molar-refractivity contribution in [2.45, 2.75) is 73.4 Å². The van der Waals surface area contributed by atoms with E-state index in [4.69, 9.17) is 5.73 Å². The lowest BCUT2D eigenvalue weighted by molar-refractivity contribution is -0.130. The molecule has 0 fully saturated rings. The molecule has 2 aromatic carbocycles. The highest BCUT2D eigenvalue weighted by Crippen LogP contribution is 2.34. The van der Waals surface area contributed by atoms with Crippen molar-refractivity contribution >= 4 is 29.1 Å². The first-order valence-corrected chi connectivity index (χ1v) is 12.8. The molecule has 200 valence electrons. The zero-order valence-electron chi connectivity index (χ0n) is 22.8. The van der Waals surface area contributed by atoms with E-state index >= 15 is 0 Å². The number of aryl methyl sites for hydroxylation is 2. The van der Waals surface area contributed by atoms with Gasteiger partial charge in [0.2, 0.25) is 11.8 Å². The third-order valence-electron chi connectivity index (χ3n) is 6.49. The Morgan fingerprint density at radius 3 is 2.35 bits per heavy atom. The Balaban J connectivity index is 1.95. The van der Waals surface area contributed by atoms with Crippen molar-refractivity contribution in [3.63, 3.8) is 0 Å². The van der Waals surface area contributed by atoms with Crippen LogP contribution < -0.4 is 20.9 Å². The second-order valence-corrected chi connectivity index (χ2v) is 11.1. The Kier molecular flexibility index (Phi) is 8.74. The SMILES string of the molecule is CCNC(=O)C[C@H](N)C(=O)N(C(=O)CC(C)(C)C)c1c(C)cc(N2CCc3cc(F)ccc3C2)cc1C. The van der Waals surface area contributed by atoms with Gasteiger partial charge in [0.1, 0.15) is 5.82 Å². The molecule has 0 saturated carbocycles. The Morgan fingerprint density at radius 1 is 1.11 bits per heavy atom. The van der Waals surface area contributed by atoms with Gasteiger partial charge in [-0.15, -0.1) is 0 Å². The number of nitrogens with two attached hydrogens (primary N) is 1. The van der Waals surface area contributed by atoms with Gasteiger partial charge in [0, 0.05) is 31.7 Å². The predicted molar refractivity (Wildman–Crippen MR) is 145 cm³/mol. The number of carbonyl (C=O) groups is 3. The molecule has 7 nitrogen and oxygen atoms in total. The summed E-state index contributed by atoms with van der Waals surface area (Å²) < 4.78 is 13.6. The number of rotatable bonds is 7. The van der Waals surface area contributed by atoms with Gasteiger partial charge in [-0.2, -0.15) is 0 Å². The van der Waals surface area contributed by atoms with E-state index in [0.717, 1.165) is 40.9 Å². The van der Waals surface area contributed by atoms with Gasteiger partial charge in [-0.1, -0.05) is 26.8 Å². The normalized spacial score (nSPS) is 14.1. The number of imide groups is 1. The Bertz CT molecular complexity index is 1170. The molecule has 3 rings (SSSR count). The van der Waals surface area contributed by atoms with Gasteiger partial charge < -0.3 is 16.0 Å². The average Bonchev–Trinajstić information content (AvgIpc) is 2.79. The van der Waals surface area contributed by atoms with Crippen LogP contribution >= 0.6 is 0 Å². The van der Waals surface area contributed by atoms with E-state index in [9.17, 15) is 18.8 Å². The lowest BCUT2D eigenvalue weighted by atomic mass is 9.91. The highest BCUT2D eigenvalue weighted by atomic mass is 19.1. The first-order chi connectivity index (χ1) is 17.3. The average molecular weight is 511 g/mol. The van der Waals surface area contributed by atoms with Gasteiger partial charge in [0.25, 0.3) is 5.91 Å².